The molecule has 0 fully saturated rings. The van der Waals surface area contributed by atoms with Crippen LogP contribution in [0.4, 0.5) is 0 Å². The van der Waals surface area contributed by atoms with E-state index in [1.807, 2.05) is 30.3 Å². The summed E-state index contributed by atoms with van der Waals surface area (Å²) in [6.45, 7) is 13.5. The zero-order valence-electron chi connectivity index (χ0n) is 17.5. The van der Waals surface area contributed by atoms with Gasteiger partial charge >= 0.3 is 5.97 Å². The van der Waals surface area contributed by atoms with Gasteiger partial charge in [0.1, 0.15) is 12.2 Å². The molecule has 0 aliphatic heterocycles. The van der Waals surface area contributed by atoms with E-state index in [0.717, 1.165) is 5.56 Å². The molecule has 1 aromatic rings. The van der Waals surface area contributed by atoms with Crippen LogP contribution in [0.15, 0.2) is 30.3 Å². The maximum Gasteiger partial charge on any atom is 0.313 e. The molecule has 0 radical (unpaired) electrons. The third-order valence-corrected chi connectivity index (χ3v) is 9.32. The number of carbonyl (C=O) groups is 2. The van der Waals surface area contributed by atoms with Crippen LogP contribution in [0.3, 0.4) is 0 Å². The first-order valence-corrected chi connectivity index (χ1v) is 12.4. The third kappa shape index (κ3) is 8.82. The van der Waals surface area contributed by atoms with Gasteiger partial charge in [-0.3, -0.25) is 9.59 Å². The zero-order valence-corrected chi connectivity index (χ0v) is 18.5. The number of ketones is 1. The number of rotatable bonds is 11. The summed E-state index contributed by atoms with van der Waals surface area (Å²) in [5.74, 6) is -0.667. The lowest BCUT2D eigenvalue weighted by atomic mass is 10.1. The third-order valence-electron chi connectivity index (χ3n) is 4.78. The minimum atomic E-state index is -2.07. The molecule has 1 rings (SSSR count). The first kappa shape index (κ1) is 23.5. The average molecular weight is 395 g/mol. The quantitative estimate of drug-likeness (QED) is 0.314. The minimum Gasteiger partial charge on any atom is -0.466 e. The van der Waals surface area contributed by atoms with Crippen molar-refractivity contribution in [3.05, 3.63) is 35.9 Å². The van der Waals surface area contributed by atoms with Crippen molar-refractivity contribution in [2.45, 2.75) is 71.4 Å². The lowest BCUT2D eigenvalue weighted by Gasteiger charge is -2.39. The van der Waals surface area contributed by atoms with Gasteiger partial charge in [0.2, 0.25) is 0 Å². The highest BCUT2D eigenvalue weighted by Crippen LogP contribution is 2.37. The van der Waals surface area contributed by atoms with Crippen molar-refractivity contribution < 1.29 is 23.5 Å². The molecule has 5 nitrogen and oxygen atoms in total. The maximum atomic E-state index is 12.3. The molecule has 0 aliphatic carbocycles. The Kier molecular flexibility index (Phi) is 9.36. The Balaban J connectivity index is 2.70. The maximum absolute atomic E-state index is 12.3. The lowest BCUT2D eigenvalue weighted by Crippen LogP contribution is -2.45. The number of ether oxygens (including phenoxy) is 2. The van der Waals surface area contributed by atoms with Gasteiger partial charge in [-0.15, -0.1) is 0 Å². The van der Waals surface area contributed by atoms with Crippen LogP contribution < -0.4 is 0 Å². The number of benzene rings is 1. The van der Waals surface area contributed by atoms with Crippen LogP contribution in [0.5, 0.6) is 0 Å². The van der Waals surface area contributed by atoms with Gasteiger partial charge in [-0.05, 0) is 30.6 Å². The summed E-state index contributed by atoms with van der Waals surface area (Å²) < 4.78 is 17.1. The van der Waals surface area contributed by atoms with Gasteiger partial charge in [0.05, 0.1) is 25.9 Å². The second kappa shape index (κ2) is 10.7. The van der Waals surface area contributed by atoms with Crippen molar-refractivity contribution in [3.63, 3.8) is 0 Å². The monoisotopic (exact) mass is 394 g/mol. The van der Waals surface area contributed by atoms with E-state index in [9.17, 15) is 9.59 Å². The van der Waals surface area contributed by atoms with Gasteiger partial charge < -0.3 is 13.9 Å². The van der Waals surface area contributed by atoms with E-state index in [-0.39, 0.29) is 36.4 Å². The van der Waals surface area contributed by atoms with E-state index in [2.05, 4.69) is 33.9 Å². The Labute approximate surface area is 164 Å². The summed E-state index contributed by atoms with van der Waals surface area (Å²) in [4.78, 5) is 23.9. The highest BCUT2D eigenvalue weighted by Gasteiger charge is 2.39. The van der Waals surface area contributed by atoms with E-state index in [1.165, 1.54) is 0 Å². The Morgan fingerprint density at radius 3 is 2.30 bits per heavy atom. The molecule has 0 bridgehead atoms. The van der Waals surface area contributed by atoms with Crippen molar-refractivity contribution >= 4 is 20.1 Å². The molecule has 0 saturated heterocycles. The second-order valence-corrected chi connectivity index (χ2v) is 13.0. The Hall–Kier alpha value is -1.50. The molecule has 0 aliphatic rings. The van der Waals surface area contributed by atoms with E-state index in [0.29, 0.717) is 13.2 Å². The largest absolute Gasteiger partial charge is 0.466 e. The van der Waals surface area contributed by atoms with Gasteiger partial charge in [-0.25, -0.2) is 0 Å². The first-order valence-electron chi connectivity index (χ1n) is 9.52. The molecule has 0 amide bonds. The summed E-state index contributed by atoms with van der Waals surface area (Å²) in [6.07, 6.45) is -0.430. The highest BCUT2D eigenvalue weighted by molar-refractivity contribution is 6.74. The molecular weight excluding hydrogens is 360 g/mol. The van der Waals surface area contributed by atoms with Crippen LogP contribution in [0, 0.1) is 0 Å². The van der Waals surface area contributed by atoms with E-state index in [1.54, 1.807) is 6.92 Å². The number of carbonyl (C=O) groups excluding carboxylic acids is 2. The molecule has 152 valence electrons. The average Bonchev–Trinajstić information content (AvgIpc) is 2.54. The fraction of sp³-hybridized carbons (Fsp3) is 0.619. The number of hydrogen-bond acceptors (Lipinski definition) is 5. The number of Topliss-reactive ketones (excluding diaryl/α,β-unsaturated/α-hetero) is 1. The van der Waals surface area contributed by atoms with Crippen molar-refractivity contribution in [3.8, 4) is 0 Å². The van der Waals surface area contributed by atoms with Crippen molar-refractivity contribution in [2.75, 3.05) is 13.2 Å². The van der Waals surface area contributed by atoms with Crippen molar-refractivity contribution in [2.24, 2.45) is 0 Å². The molecule has 0 spiro atoms. The minimum absolute atomic E-state index is 0.0227. The molecule has 0 aromatic heterocycles. The van der Waals surface area contributed by atoms with Crippen molar-refractivity contribution in [1.82, 2.24) is 0 Å². The molecule has 0 unspecified atom stereocenters. The van der Waals surface area contributed by atoms with E-state index >= 15 is 0 Å². The lowest BCUT2D eigenvalue weighted by molar-refractivity contribution is -0.145. The number of esters is 1. The van der Waals surface area contributed by atoms with Crippen molar-refractivity contribution in [1.29, 1.82) is 0 Å². The molecule has 0 N–H and O–H groups in total. The molecule has 6 heteroatoms. The fourth-order valence-corrected chi connectivity index (χ4v) is 3.65. The molecule has 0 saturated carbocycles. The van der Waals surface area contributed by atoms with Crippen LogP contribution in [-0.4, -0.2) is 39.4 Å². The summed E-state index contributed by atoms with van der Waals surface area (Å²) in [6, 6.07) is 9.88. The normalized spacial score (nSPS) is 13.3. The summed E-state index contributed by atoms with van der Waals surface area (Å²) >= 11 is 0. The van der Waals surface area contributed by atoms with Crippen LogP contribution in [0.25, 0.3) is 0 Å². The Morgan fingerprint density at radius 2 is 1.74 bits per heavy atom. The Bertz CT molecular complexity index is 592. The highest BCUT2D eigenvalue weighted by atomic mass is 28.4. The van der Waals surface area contributed by atoms with Gasteiger partial charge in [0, 0.05) is 6.42 Å². The predicted molar refractivity (Wildman–Crippen MR) is 109 cm³/mol. The topological polar surface area (TPSA) is 61.8 Å². The standard InChI is InChI=1S/C21H34O5Si/c1-7-25-20(23)14-18(22)13-19(26-27(5,6)21(2,3)4)16-24-15-17-11-9-8-10-12-17/h8-12,19H,7,13-16H2,1-6H3/t19-/m0/s1. The van der Waals surface area contributed by atoms with Gasteiger partial charge in [0.15, 0.2) is 8.32 Å². The Morgan fingerprint density at radius 1 is 1.11 bits per heavy atom. The zero-order chi connectivity index (χ0) is 20.5. The number of hydrogen-bond donors (Lipinski definition) is 0. The van der Waals surface area contributed by atoms with Crippen LogP contribution in [0.1, 0.15) is 46.1 Å². The summed E-state index contributed by atoms with van der Waals surface area (Å²) in [7, 11) is -2.07. The second-order valence-electron chi connectivity index (χ2n) is 8.23. The predicted octanol–water partition coefficient (Wildman–Crippen LogP) is 4.51. The molecule has 27 heavy (non-hydrogen) atoms. The van der Waals surface area contributed by atoms with Gasteiger partial charge in [-0.2, -0.15) is 0 Å². The molecule has 1 atom stereocenters. The summed E-state index contributed by atoms with van der Waals surface area (Å²) in [5.41, 5.74) is 1.07. The smallest absolute Gasteiger partial charge is 0.313 e. The molecular formula is C21H34O5Si. The van der Waals surface area contributed by atoms with E-state index < -0.39 is 14.3 Å². The van der Waals surface area contributed by atoms with Crippen LogP contribution in [-0.2, 0) is 30.1 Å². The van der Waals surface area contributed by atoms with Crippen LogP contribution in [0.2, 0.25) is 18.1 Å². The van der Waals surface area contributed by atoms with Crippen LogP contribution >= 0.6 is 0 Å². The first-order chi connectivity index (χ1) is 12.5. The molecule has 0 heterocycles. The molecule has 1 aromatic carbocycles. The van der Waals surface area contributed by atoms with E-state index in [4.69, 9.17) is 13.9 Å². The fourth-order valence-electron chi connectivity index (χ4n) is 2.31. The summed E-state index contributed by atoms with van der Waals surface area (Å²) in [5, 5.41) is 0.0227. The van der Waals surface area contributed by atoms with Gasteiger partial charge in [-0.1, -0.05) is 51.1 Å². The van der Waals surface area contributed by atoms with Gasteiger partial charge in [0.25, 0.3) is 0 Å². The SMILES string of the molecule is CCOC(=O)CC(=O)C[C@@H](COCc1ccccc1)O[Si](C)(C)C(C)(C)C.